The number of esters is 1. The minimum atomic E-state index is -1.28. The van der Waals surface area contributed by atoms with Gasteiger partial charge in [0.2, 0.25) is 6.61 Å². The Labute approximate surface area is 225 Å². The summed E-state index contributed by atoms with van der Waals surface area (Å²) in [5, 5.41) is 16.2. The van der Waals surface area contributed by atoms with Crippen molar-refractivity contribution in [3.8, 4) is 0 Å². The predicted molar refractivity (Wildman–Crippen MR) is 138 cm³/mol. The zero-order chi connectivity index (χ0) is 27.2. The molecule has 0 aromatic carbocycles. The van der Waals surface area contributed by atoms with Crippen LogP contribution in [0.5, 0.6) is 0 Å². The summed E-state index contributed by atoms with van der Waals surface area (Å²) in [6.45, 7) is 0.741. The number of nitrogens with two attached hydrogens (primary N) is 1. The second kappa shape index (κ2) is 10.0. The fourth-order valence-corrected chi connectivity index (χ4v) is 7.00. The molecule has 1 saturated heterocycles. The van der Waals surface area contributed by atoms with E-state index in [0.29, 0.717) is 18.3 Å². The van der Waals surface area contributed by atoms with Crippen molar-refractivity contribution >= 4 is 57.7 Å². The number of aromatic nitrogens is 1. The number of thiazole rings is 1. The van der Waals surface area contributed by atoms with Crippen molar-refractivity contribution in [3.05, 3.63) is 34.0 Å². The number of fused-ring (bicyclic) bond motifs is 3. The molecule has 38 heavy (non-hydrogen) atoms. The highest BCUT2D eigenvalue weighted by Gasteiger charge is 2.56. The average molecular weight is 564 g/mol. The number of rotatable bonds is 9. The molecule has 0 spiro atoms. The Balaban J connectivity index is 1.35. The lowest BCUT2D eigenvalue weighted by molar-refractivity contribution is -0.930. The van der Waals surface area contributed by atoms with Crippen LogP contribution in [-0.2, 0) is 28.8 Å². The third-order valence-electron chi connectivity index (χ3n) is 7.26. The van der Waals surface area contributed by atoms with Crippen molar-refractivity contribution < 1.29 is 38.3 Å². The second-order valence-corrected chi connectivity index (χ2v) is 11.7. The number of nitrogen functional groups attached to an aromatic ring is 1. The molecule has 4 aliphatic heterocycles. The number of carboxylic acids is 1. The van der Waals surface area contributed by atoms with Gasteiger partial charge in [0.15, 0.2) is 10.8 Å². The van der Waals surface area contributed by atoms with E-state index in [0.717, 1.165) is 40.8 Å². The molecule has 3 atom stereocenters. The maximum absolute atomic E-state index is 13.3. The first kappa shape index (κ1) is 26.2. The number of nitrogens with zero attached hydrogens (tertiary/aromatic N) is 4. The quantitative estimate of drug-likeness (QED) is 0.0920. The summed E-state index contributed by atoms with van der Waals surface area (Å²) in [6, 6.07) is -0.435. The Bertz CT molecular complexity index is 1300. The minimum Gasteiger partial charge on any atom is -0.479 e. The van der Waals surface area contributed by atoms with Gasteiger partial charge in [0, 0.05) is 29.5 Å². The predicted octanol–water partition coefficient (Wildman–Crippen LogP) is -0.0934. The van der Waals surface area contributed by atoms with Crippen molar-refractivity contribution in [3.63, 3.8) is 0 Å². The van der Waals surface area contributed by atoms with Gasteiger partial charge in [-0.3, -0.25) is 14.5 Å². The van der Waals surface area contributed by atoms with Crippen LogP contribution in [0.1, 0.15) is 18.5 Å². The van der Waals surface area contributed by atoms with Crippen molar-refractivity contribution in [1.82, 2.24) is 15.2 Å². The molecule has 5 aliphatic rings. The number of anilines is 1. The number of thioether (sulfide) groups is 1. The van der Waals surface area contributed by atoms with Crippen molar-refractivity contribution in [2.45, 2.75) is 30.3 Å². The van der Waals surface area contributed by atoms with Gasteiger partial charge in [-0.15, -0.1) is 23.1 Å². The number of nitrogens with one attached hydrogen (secondary N) is 1. The molecule has 1 aromatic rings. The highest BCUT2D eigenvalue weighted by molar-refractivity contribution is 8.00. The van der Waals surface area contributed by atoms with Crippen LogP contribution in [0.3, 0.4) is 0 Å². The lowest BCUT2D eigenvalue weighted by Gasteiger charge is -2.53. The van der Waals surface area contributed by atoms with Gasteiger partial charge in [-0.25, -0.2) is 14.6 Å². The molecule has 4 N–H and O–H groups in total. The van der Waals surface area contributed by atoms with Gasteiger partial charge >= 0.3 is 11.9 Å². The van der Waals surface area contributed by atoms with Gasteiger partial charge in [0.25, 0.3) is 11.8 Å². The van der Waals surface area contributed by atoms with E-state index in [1.54, 1.807) is 0 Å². The molecule has 5 heterocycles. The SMILES string of the molecule is COC(=O)C1=C(C[N+]2(C)CC=C3CC2C3)CS[C@@H]2[C@H](NC(=O)/C(=N\OCC(=O)O)c3csc(N)n3)C(=O)N12. The van der Waals surface area contributed by atoms with E-state index in [1.165, 1.54) is 34.7 Å². The Kier molecular flexibility index (Phi) is 6.92. The molecule has 1 unspecified atom stereocenters. The van der Waals surface area contributed by atoms with E-state index < -0.39 is 41.8 Å². The highest BCUT2D eigenvalue weighted by atomic mass is 32.2. The van der Waals surface area contributed by atoms with Gasteiger partial charge < -0.3 is 30.2 Å². The first-order valence-electron chi connectivity index (χ1n) is 11.8. The Hall–Kier alpha value is -3.43. The lowest BCUT2D eigenvalue weighted by Crippen LogP contribution is -2.71. The van der Waals surface area contributed by atoms with Crippen LogP contribution in [0.2, 0.25) is 0 Å². The van der Waals surface area contributed by atoms with E-state index in [-0.39, 0.29) is 22.2 Å². The molecule has 2 fully saturated rings. The Morgan fingerprint density at radius 2 is 2.13 bits per heavy atom. The third-order valence-corrected chi connectivity index (χ3v) is 9.28. The van der Waals surface area contributed by atoms with Gasteiger partial charge in [-0.05, 0) is 6.08 Å². The molecule has 1 saturated carbocycles. The van der Waals surface area contributed by atoms with Gasteiger partial charge in [0.1, 0.15) is 29.4 Å². The number of aliphatic carboxylic acids is 1. The fraction of sp³-hybridized carbons (Fsp3) is 0.478. The van der Waals surface area contributed by atoms with E-state index >= 15 is 0 Å². The van der Waals surface area contributed by atoms with E-state index in [1.807, 2.05) is 0 Å². The molecular weight excluding hydrogens is 536 g/mol. The number of amides is 2. The normalized spacial score (nSPS) is 28.0. The van der Waals surface area contributed by atoms with Crippen LogP contribution in [0, 0.1) is 0 Å². The number of β-lactam (4-membered cyclic amide) rings is 1. The smallest absolute Gasteiger partial charge is 0.355 e. The molecule has 1 aromatic heterocycles. The van der Waals surface area contributed by atoms with Crippen LogP contribution in [0.25, 0.3) is 0 Å². The van der Waals surface area contributed by atoms with E-state index in [2.05, 4.69) is 28.6 Å². The van der Waals surface area contributed by atoms with E-state index in [9.17, 15) is 19.2 Å². The zero-order valence-electron chi connectivity index (χ0n) is 20.7. The van der Waals surface area contributed by atoms with Crippen molar-refractivity contribution in [1.29, 1.82) is 0 Å². The number of carbonyl (C=O) groups excluding carboxylic acids is 3. The van der Waals surface area contributed by atoms with Gasteiger partial charge in [-0.1, -0.05) is 10.7 Å². The Morgan fingerprint density at radius 1 is 1.37 bits per heavy atom. The van der Waals surface area contributed by atoms with Gasteiger partial charge in [0.05, 0.1) is 26.7 Å². The maximum atomic E-state index is 13.3. The number of quaternary nitrogens is 1. The number of likely N-dealkylation sites (N-methyl/N-ethyl adjacent to an activating group) is 1. The first-order valence-corrected chi connectivity index (χ1v) is 13.7. The summed E-state index contributed by atoms with van der Waals surface area (Å²) in [5.41, 5.74) is 8.01. The standard InChI is InChI=1S/C23H26N6O7S2/c1-29(4-3-11-5-13(29)6-11)7-12-9-37-21-17(20(33)28(21)18(12)22(34)35-2)26-19(32)16(27-36-8-15(30)31)14-10-38-23(24)25-14/h3,10,13,17,21H,4-9H2,1-2H3,(H3-,24,25,26,30,31,32)/p+1/b27-16-/t17-,21-,29?/m1/s1. The summed E-state index contributed by atoms with van der Waals surface area (Å²) in [7, 11) is 3.46. The summed E-state index contributed by atoms with van der Waals surface area (Å²) < 4.78 is 5.83. The number of ether oxygens (including phenoxy) is 1. The number of hydrogen-bond acceptors (Lipinski definition) is 11. The summed E-state index contributed by atoms with van der Waals surface area (Å²) in [4.78, 5) is 60.2. The number of oxime groups is 1. The fourth-order valence-electron chi connectivity index (χ4n) is 5.12. The molecule has 1 aliphatic carbocycles. The molecule has 13 nitrogen and oxygen atoms in total. The topological polar surface area (TPSA) is 174 Å². The molecule has 15 heteroatoms. The zero-order valence-corrected chi connectivity index (χ0v) is 22.3. The molecule has 202 valence electrons. The third kappa shape index (κ3) is 4.65. The number of methoxy groups -OCH3 is 1. The average Bonchev–Trinajstić information content (AvgIpc) is 3.28. The van der Waals surface area contributed by atoms with Crippen molar-refractivity contribution in [2.24, 2.45) is 5.16 Å². The molecule has 0 radical (unpaired) electrons. The second-order valence-electron chi connectivity index (χ2n) is 9.73. The first-order chi connectivity index (χ1) is 18.1. The van der Waals surface area contributed by atoms with Crippen LogP contribution >= 0.6 is 23.1 Å². The highest BCUT2D eigenvalue weighted by Crippen LogP contribution is 2.44. The summed E-state index contributed by atoms with van der Waals surface area (Å²) in [6.07, 6.45) is 4.40. The van der Waals surface area contributed by atoms with Gasteiger partial charge in [-0.2, -0.15) is 0 Å². The van der Waals surface area contributed by atoms with Crippen molar-refractivity contribution in [2.75, 3.05) is 45.3 Å². The largest absolute Gasteiger partial charge is 0.479 e. The maximum Gasteiger partial charge on any atom is 0.355 e. The minimum absolute atomic E-state index is 0.0828. The lowest BCUT2D eigenvalue weighted by atomic mass is 9.79. The number of hydrogen-bond donors (Lipinski definition) is 3. The molecular formula is C23H27N6O7S2+. The molecule has 2 bridgehead atoms. The summed E-state index contributed by atoms with van der Waals surface area (Å²) in [5.74, 6) is -2.59. The monoisotopic (exact) mass is 563 g/mol. The molecule has 2 amide bonds. The Morgan fingerprint density at radius 3 is 2.74 bits per heavy atom. The molecule has 6 rings (SSSR count). The van der Waals surface area contributed by atoms with Crippen LogP contribution < -0.4 is 11.1 Å². The number of carboxylic acid groups (broad SMARTS) is 1. The van der Waals surface area contributed by atoms with Crippen LogP contribution in [0.4, 0.5) is 5.13 Å². The van der Waals surface area contributed by atoms with Crippen LogP contribution in [0.15, 0.2) is 33.5 Å². The van der Waals surface area contributed by atoms with E-state index in [4.69, 9.17) is 20.4 Å². The van der Waals surface area contributed by atoms with Crippen LogP contribution in [-0.4, -0.2) is 106 Å². The number of carbonyl (C=O) groups is 4. The summed E-state index contributed by atoms with van der Waals surface area (Å²) >= 11 is 2.52.